The van der Waals surface area contributed by atoms with Crippen molar-refractivity contribution in [3.05, 3.63) is 24.3 Å². The fourth-order valence-electron chi connectivity index (χ4n) is 3.76. The summed E-state index contributed by atoms with van der Waals surface area (Å²) < 4.78 is 31.9. The lowest BCUT2D eigenvalue weighted by Crippen LogP contribution is -2.49. The maximum absolute atomic E-state index is 13.4. The average molecular weight is 396 g/mol. The number of hydrogen-bond acceptors (Lipinski definition) is 4. The van der Waals surface area contributed by atoms with E-state index in [1.807, 2.05) is 6.92 Å². The Morgan fingerprint density at radius 2 is 1.74 bits per heavy atom. The lowest BCUT2D eigenvalue weighted by Gasteiger charge is -2.40. The van der Waals surface area contributed by atoms with Crippen molar-refractivity contribution >= 4 is 9.84 Å². The standard InChI is InChI=1S/C22H37NO3S/c1-5-7-15-23-16-13-22(6-2,14-17-23)27(24,25)21-10-8-20(9-11-21)26-18-12-19(3)4/h8-11,19H,5-7,12-18H2,1-4H3. The first-order chi connectivity index (χ1) is 12.8. The number of hydrogen-bond donors (Lipinski definition) is 0. The van der Waals surface area contributed by atoms with Crippen LogP contribution in [0.3, 0.4) is 0 Å². The summed E-state index contributed by atoms with van der Waals surface area (Å²) in [5.41, 5.74) is 0. The van der Waals surface area contributed by atoms with E-state index in [4.69, 9.17) is 4.74 Å². The first-order valence-corrected chi connectivity index (χ1v) is 12.0. The van der Waals surface area contributed by atoms with Crippen molar-refractivity contribution in [2.24, 2.45) is 5.92 Å². The van der Waals surface area contributed by atoms with Gasteiger partial charge in [-0.3, -0.25) is 0 Å². The zero-order valence-corrected chi connectivity index (χ0v) is 18.4. The minimum Gasteiger partial charge on any atom is -0.494 e. The zero-order chi connectivity index (χ0) is 19.9. The Morgan fingerprint density at radius 1 is 1.11 bits per heavy atom. The molecule has 0 spiro atoms. The molecule has 1 aliphatic rings. The van der Waals surface area contributed by atoms with E-state index in [1.54, 1.807) is 24.3 Å². The molecule has 0 atom stereocenters. The molecule has 4 nitrogen and oxygen atoms in total. The normalized spacial score (nSPS) is 18.0. The summed E-state index contributed by atoms with van der Waals surface area (Å²) in [5, 5.41) is 0. The number of ether oxygens (including phenoxy) is 1. The molecule has 0 amide bonds. The Balaban J connectivity index is 2.07. The fraction of sp³-hybridized carbons (Fsp3) is 0.727. The van der Waals surface area contributed by atoms with Gasteiger partial charge in [0, 0.05) is 0 Å². The van der Waals surface area contributed by atoms with Gasteiger partial charge in [0.25, 0.3) is 0 Å². The highest BCUT2D eigenvalue weighted by Gasteiger charge is 2.45. The first-order valence-electron chi connectivity index (χ1n) is 10.5. The average Bonchev–Trinajstić information content (AvgIpc) is 2.66. The molecule has 0 bridgehead atoms. The van der Waals surface area contributed by atoms with Gasteiger partial charge in [-0.15, -0.1) is 0 Å². The zero-order valence-electron chi connectivity index (χ0n) is 17.5. The van der Waals surface area contributed by atoms with Gasteiger partial charge < -0.3 is 9.64 Å². The molecule has 1 saturated heterocycles. The molecule has 1 fully saturated rings. The molecule has 0 saturated carbocycles. The molecular weight excluding hydrogens is 358 g/mol. The summed E-state index contributed by atoms with van der Waals surface area (Å²) in [7, 11) is -3.35. The molecule has 0 aromatic heterocycles. The SMILES string of the molecule is CCCCN1CCC(CC)(S(=O)(=O)c2ccc(OCCC(C)C)cc2)CC1. The predicted molar refractivity (Wildman–Crippen MR) is 112 cm³/mol. The van der Waals surface area contributed by atoms with E-state index < -0.39 is 14.6 Å². The summed E-state index contributed by atoms with van der Waals surface area (Å²) in [6.45, 7) is 12.0. The van der Waals surface area contributed by atoms with Crippen molar-refractivity contribution in [2.45, 2.75) is 75.9 Å². The number of unbranched alkanes of at least 4 members (excludes halogenated alkanes) is 1. The smallest absolute Gasteiger partial charge is 0.184 e. The molecule has 154 valence electrons. The van der Waals surface area contributed by atoms with E-state index in [9.17, 15) is 8.42 Å². The summed E-state index contributed by atoms with van der Waals surface area (Å²) in [5.74, 6) is 1.34. The van der Waals surface area contributed by atoms with Gasteiger partial charge in [-0.05, 0) is 81.9 Å². The monoisotopic (exact) mass is 395 g/mol. The van der Waals surface area contributed by atoms with Crippen LogP contribution in [0.25, 0.3) is 0 Å². The molecule has 1 aromatic rings. The molecule has 2 rings (SSSR count). The van der Waals surface area contributed by atoms with Crippen LogP contribution in [0.5, 0.6) is 5.75 Å². The van der Waals surface area contributed by atoms with Gasteiger partial charge in [-0.25, -0.2) is 8.42 Å². The number of likely N-dealkylation sites (tertiary alicyclic amines) is 1. The van der Waals surface area contributed by atoms with Crippen LogP contribution in [-0.4, -0.2) is 44.3 Å². The minimum absolute atomic E-state index is 0.433. The van der Waals surface area contributed by atoms with Crippen molar-refractivity contribution in [3.63, 3.8) is 0 Å². The van der Waals surface area contributed by atoms with Gasteiger partial charge in [0.1, 0.15) is 5.75 Å². The number of sulfone groups is 1. The van der Waals surface area contributed by atoms with Crippen molar-refractivity contribution in [3.8, 4) is 5.75 Å². The molecule has 0 N–H and O–H groups in total. The van der Waals surface area contributed by atoms with Crippen LogP contribution in [-0.2, 0) is 9.84 Å². The van der Waals surface area contributed by atoms with Crippen LogP contribution >= 0.6 is 0 Å². The van der Waals surface area contributed by atoms with E-state index in [-0.39, 0.29) is 0 Å². The Labute approximate surface area is 166 Å². The van der Waals surface area contributed by atoms with Crippen molar-refractivity contribution in [1.29, 1.82) is 0 Å². The fourth-order valence-corrected chi connectivity index (χ4v) is 5.85. The van der Waals surface area contributed by atoms with E-state index in [1.165, 1.54) is 12.8 Å². The van der Waals surface area contributed by atoms with Crippen molar-refractivity contribution in [1.82, 2.24) is 4.90 Å². The maximum atomic E-state index is 13.4. The molecule has 1 aromatic carbocycles. The van der Waals surface area contributed by atoms with E-state index in [0.29, 0.717) is 23.8 Å². The Bertz CT molecular complexity index is 659. The van der Waals surface area contributed by atoms with Gasteiger partial charge in [-0.2, -0.15) is 0 Å². The van der Waals surface area contributed by atoms with E-state index in [2.05, 4.69) is 25.7 Å². The maximum Gasteiger partial charge on any atom is 0.184 e. The van der Waals surface area contributed by atoms with Crippen LogP contribution in [0.15, 0.2) is 29.2 Å². The van der Waals surface area contributed by atoms with Gasteiger partial charge in [0.05, 0.1) is 16.2 Å². The molecular formula is C22H37NO3S. The molecule has 27 heavy (non-hydrogen) atoms. The lowest BCUT2D eigenvalue weighted by atomic mass is 9.93. The second-order valence-corrected chi connectivity index (χ2v) is 10.6. The molecule has 0 unspecified atom stereocenters. The highest BCUT2D eigenvalue weighted by Crippen LogP contribution is 2.38. The van der Waals surface area contributed by atoms with E-state index in [0.717, 1.165) is 44.6 Å². The van der Waals surface area contributed by atoms with Crippen LogP contribution in [0, 0.1) is 5.92 Å². The third-order valence-electron chi connectivity index (χ3n) is 5.91. The number of nitrogens with zero attached hydrogens (tertiary/aromatic N) is 1. The topological polar surface area (TPSA) is 46.6 Å². The highest BCUT2D eigenvalue weighted by molar-refractivity contribution is 7.92. The van der Waals surface area contributed by atoms with Gasteiger partial charge in [0.15, 0.2) is 9.84 Å². The van der Waals surface area contributed by atoms with Gasteiger partial charge in [0.2, 0.25) is 0 Å². The third kappa shape index (κ3) is 5.47. The molecule has 5 heteroatoms. The Kier molecular flexibility index (Phi) is 8.17. The van der Waals surface area contributed by atoms with Gasteiger partial charge in [-0.1, -0.05) is 34.1 Å². The number of piperidine rings is 1. The number of rotatable bonds is 10. The van der Waals surface area contributed by atoms with Crippen LogP contribution in [0.4, 0.5) is 0 Å². The molecule has 1 aliphatic heterocycles. The predicted octanol–water partition coefficient (Wildman–Crippen LogP) is 4.93. The summed E-state index contributed by atoms with van der Waals surface area (Å²) >= 11 is 0. The highest BCUT2D eigenvalue weighted by atomic mass is 32.2. The minimum atomic E-state index is -3.35. The summed E-state index contributed by atoms with van der Waals surface area (Å²) in [6.07, 6.45) is 5.48. The summed E-state index contributed by atoms with van der Waals surface area (Å²) in [4.78, 5) is 2.85. The quantitative estimate of drug-likeness (QED) is 0.563. The van der Waals surface area contributed by atoms with Crippen LogP contribution in [0.2, 0.25) is 0 Å². The van der Waals surface area contributed by atoms with E-state index >= 15 is 0 Å². The van der Waals surface area contributed by atoms with Crippen molar-refractivity contribution in [2.75, 3.05) is 26.2 Å². The molecule has 0 radical (unpaired) electrons. The van der Waals surface area contributed by atoms with Crippen LogP contribution in [0.1, 0.15) is 66.2 Å². The van der Waals surface area contributed by atoms with Crippen molar-refractivity contribution < 1.29 is 13.2 Å². The number of benzene rings is 1. The third-order valence-corrected chi connectivity index (χ3v) is 8.64. The van der Waals surface area contributed by atoms with Gasteiger partial charge >= 0.3 is 0 Å². The van der Waals surface area contributed by atoms with Crippen LogP contribution < -0.4 is 4.74 Å². The largest absolute Gasteiger partial charge is 0.494 e. The second-order valence-electron chi connectivity index (χ2n) is 8.24. The molecule has 0 aliphatic carbocycles. The summed E-state index contributed by atoms with van der Waals surface area (Å²) in [6, 6.07) is 7.04. The second kappa shape index (κ2) is 9.92. The lowest BCUT2D eigenvalue weighted by molar-refractivity contribution is 0.190. The Hall–Kier alpha value is -1.07. The molecule has 1 heterocycles. The Morgan fingerprint density at radius 3 is 2.26 bits per heavy atom. The first kappa shape index (κ1) is 22.2.